The molecule has 1 aromatic carbocycles. The van der Waals surface area contributed by atoms with Gasteiger partial charge in [-0.1, -0.05) is 48.6 Å². The summed E-state index contributed by atoms with van der Waals surface area (Å²) in [5, 5.41) is 3.42. The maximum Gasteiger partial charge on any atom is 0.00778 e. The van der Waals surface area contributed by atoms with Crippen LogP contribution in [0.5, 0.6) is 0 Å². The highest BCUT2D eigenvalue weighted by Gasteiger charge is 2.33. The van der Waals surface area contributed by atoms with E-state index in [1.807, 2.05) is 0 Å². The van der Waals surface area contributed by atoms with Crippen LogP contribution in [-0.2, 0) is 5.41 Å². The smallest absolute Gasteiger partial charge is 0.00778 e. The van der Waals surface area contributed by atoms with Crippen LogP contribution in [0.3, 0.4) is 0 Å². The van der Waals surface area contributed by atoms with Gasteiger partial charge in [-0.25, -0.2) is 0 Å². The van der Waals surface area contributed by atoms with Gasteiger partial charge in [0, 0.05) is 12.0 Å². The number of hydrogen-bond donors (Lipinski definition) is 1. The average molecular weight is 231 g/mol. The number of rotatable bonds is 3. The second-order valence-electron chi connectivity index (χ2n) is 5.75. The van der Waals surface area contributed by atoms with E-state index in [0.29, 0.717) is 5.41 Å². The predicted octanol–water partition coefficient (Wildman–Crippen LogP) is 3.72. The highest BCUT2D eigenvalue weighted by Crippen LogP contribution is 2.39. The van der Waals surface area contributed by atoms with Crippen molar-refractivity contribution in [2.24, 2.45) is 0 Å². The van der Waals surface area contributed by atoms with Crippen LogP contribution >= 0.6 is 0 Å². The zero-order chi connectivity index (χ0) is 12.3. The van der Waals surface area contributed by atoms with E-state index in [2.05, 4.69) is 44.4 Å². The summed E-state index contributed by atoms with van der Waals surface area (Å²) in [6.45, 7) is 5.55. The van der Waals surface area contributed by atoms with Gasteiger partial charge in [-0.15, -0.1) is 0 Å². The summed E-state index contributed by atoms with van der Waals surface area (Å²) in [5.74, 6) is 0. The van der Waals surface area contributed by atoms with Gasteiger partial charge in [0.1, 0.15) is 0 Å². The average Bonchev–Trinajstić information content (AvgIpc) is 2.29. The molecule has 1 aromatic rings. The van der Waals surface area contributed by atoms with E-state index in [4.69, 9.17) is 0 Å². The van der Waals surface area contributed by atoms with Crippen LogP contribution in [0.4, 0.5) is 0 Å². The Labute approximate surface area is 106 Å². The van der Waals surface area contributed by atoms with Crippen molar-refractivity contribution in [3.63, 3.8) is 0 Å². The quantitative estimate of drug-likeness (QED) is 0.836. The van der Waals surface area contributed by atoms with Crippen LogP contribution in [0.15, 0.2) is 18.2 Å². The van der Waals surface area contributed by atoms with Crippen LogP contribution in [0.25, 0.3) is 0 Å². The molecule has 0 unspecified atom stereocenters. The van der Waals surface area contributed by atoms with Crippen LogP contribution in [0.2, 0.25) is 0 Å². The van der Waals surface area contributed by atoms with Crippen LogP contribution in [-0.4, -0.2) is 13.6 Å². The van der Waals surface area contributed by atoms with E-state index in [1.54, 1.807) is 5.56 Å². The Morgan fingerprint density at radius 1 is 1.00 bits per heavy atom. The summed E-state index contributed by atoms with van der Waals surface area (Å²) in [4.78, 5) is 0. The minimum atomic E-state index is 0.393. The molecule has 0 atom stereocenters. The van der Waals surface area contributed by atoms with Gasteiger partial charge in [0.05, 0.1) is 0 Å². The van der Waals surface area contributed by atoms with E-state index in [0.717, 1.165) is 6.54 Å². The standard InChI is InChI=1S/C16H25N/c1-13-9-14(2)11-15(10-13)16(12-17-3)7-5-4-6-8-16/h9-11,17H,4-8,12H2,1-3H3. The molecule has 0 bridgehead atoms. The molecule has 0 aliphatic heterocycles. The van der Waals surface area contributed by atoms with E-state index in [9.17, 15) is 0 Å². The topological polar surface area (TPSA) is 12.0 Å². The number of hydrogen-bond acceptors (Lipinski definition) is 1. The predicted molar refractivity (Wildman–Crippen MR) is 74.6 cm³/mol. The Hall–Kier alpha value is -0.820. The zero-order valence-corrected chi connectivity index (χ0v) is 11.5. The minimum absolute atomic E-state index is 0.393. The minimum Gasteiger partial charge on any atom is -0.319 e. The largest absolute Gasteiger partial charge is 0.319 e. The van der Waals surface area contributed by atoms with Crippen molar-refractivity contribution in [2.45, 2.75) is 51.4 Å². The molecule has 17 heavy (non-hydrogen) atoms. The molecular weight excluding hydrogens is 206 g/mol. The third-order valence-electron chi connectivity index (χ3n) is 4.16. The van der Waals surface area contributed by atoms with Crippen LogP contribution < -0.4 is 5.32 Å². The van der Waals surface area contributed by atoms with Gasteiger partial charge in [-0.3, -0.25) is 0 Å². The highest BCUT2D eigenvalue weighted by atomic mass is 14.8. The molecule has 1 heteroatoms. The fraction of sp³-hybridized carbons (Fsp3) is 0.625. The van der Waals surface area contributed by atoms with Gasteiger partial charge in [-0.2, -0.15) is 0 Å². The van der Waals surface area contributed by atoms with Crippen molar-refractivity contribution in [3.8, 4) is 0 Å². The van der Waals surface area contributed by atoms with E-state index in [-0.39, 0.29) is 0 Å². The molecule has 0 spiro atoms. The highest BCUT2D eigenvalue weighted by molar-refractivity contribution is 5.35. The summed E-state index contributed by atoms with van der Waals surface area (Å²) < 4.78 is 0. The Morgan fingerprint density at radius 3 is 2.12 bits per heavy atom. The molecule has 0 heterocycles. The fourth-order valence-electron chi connectivity index (χ4n) is 3.42. The molecule has 94 valence electrons. The molecule has 1 fully saturated rings. The lowest BCUT2D eigenvalue weighted by Gasteiger charge is -2.38. The van der Waals surface area contributed by atoms with E-state index in [1.165, 1.54) is 43.2 Å². The van der Waals surface area contributed by atoms with Crippen LogP contribution in [0, 0.1) is 13.8 Å². The third kappa shape index (κ3) is 2.71. The molecule has 0 amide bonds. The first-order chi connectivity index (χ1) is 8.16. The molecule has 0 saturated heterocycles. The zero-order valence-electron chi connectivity index (χ0n) is 11.5. The van der Waals surface area contributed by atoms with Crippen molar-refractivity contribution >= 4 is 0 Å². The first kappa shape index (κ1) is 12.6. The Morgan fingerprint density at radius 2 is 1.59 bits per heavy atom. The molecule has 1 saturated carbocycles. The maximum absolute atomic E-state index is 3.42. The summed E-state index contributed by atoms with van der Waals surface area (Å²) >= 11 is 0. The number of benzene rings is 1. The molecule has 0 radical (unpaired) electrons. The summed E-state index contributed by atoms with van der Waals surface area (Å²) in [6, 6.07) is 7.07. The molecule has 2 rings (SSSR count). The fourth-order valence-corrected chi connectivity index (χ4v) is 3.42. The number of nitrogens with one attached hydrogen (secondary N) is 1. The molecule has 1 nitrogen and oxygen atoms in total. The molecular formula is C16H25N. The van der Waals surface area contributed by atoms with Crippen molar-refractivity contribution in [1.82, 2.24) is 5.32 Å². The second-order valence-corrected chi connectivity index (χ2v) is 5.75. The third-order valence-corrected chi connectivity index (χ3v) is 4.16. The SMILES string of the molecule is CNCC1(c2cc(C)cc(C)c2)CCCCC1. The van der Waals surface area contributed by atoms with Crippen LogP contribution in [0.1, 0.15) is 48.8 Å². The lowest BCUT2D eigenvalue weighted by Crippen LogP contribution is -2.38. The molecule has 1 aliphatic rings. The molecule has 1 aliphatic carbocycles. The summed E-state index contributed by atoms with van der Waals surface area (Å²) in [6.07, 6.45) is 6.87. The lowest BCUT2D eigenvalue weighted by atomic mass is 9.69. The summed E-state index contributed by atoms with van der Waals surface area (Å²) in [7, 11) is 2.08. The Balaban J connectivity index is 2.37. The molecule has 1 N–H and O–H groups in total. The summed E-state index contributed by atoms with van der Waals surface area (Å²) in [5.41, 5.74) is 4.76. The van der Waals surface area contributed by atoms with Gasteiger partial charge >= 0.3 is 0 Å². The van der Waals surface area contributed by atoms with Crippen molar-refractivity contribution in [3.05, 3.63) is 34.9 Å². The lowest BCUT2D eigenvalue weighted by molar-refractivity contribution is 0.286. The second kappa shape index (κ2) is 5.22. The van der Waals surface area contributed by atoms with Gasteiger partial charge in [0.25, 0.3) is 0 Å². The number of aryl methyl sites for hydroxylation is 2. The first-order valence-electron chi connectivity index (χ1n) is 6.90. The Kier molecular flexibility index (Phi) is 3.88. The monoisotopic (exact) mass is 231 g/mol. The number of likely N-dealkylation sites (N-methyl/N-ethyl adjacent to an activating group) is 1. The van der Waals surface area contributed by atoms with Crippen molar-refractivity contribution in [2.75, 3.05) is 13.6 Å². The van der Waals surface area contributed by atoms with E-state index >= 15 is 0 Å². The normalized spacial score (nSPS) is 19.2. The van der Waals surface area contributed by atoms with Gasteiger partial charge in [-0.05, 0) is 39.3 Å². The maximum atomic E-state index is 3.42. The van der Waals surface area contributed by atoms with Gasteiger partial charge < -0.3 is 5.32 Å². The first-order valence-corrected chi connectivity index (χ1v) is 6.90. The van der Waals surface area contributed by atoms with Crippen molar-refractivity contribution < 1.29 is 0 Å². The Bertz CT molecular complexity index is 349. The van der Waals surface area contributed by atoms with Gasteiger partial charge in [0.15, 0.2) is 0 Å². The van der Waals surface area contributed by atoms with Crippen molar-refractivity contribution in [1.29, 1.82) is 0 Å². The molecule has 0 aromatic heterocycles. The van der Waals surface area contributed by atoms with Gasteiger partial charge in [0.2, 0.25) is 0 Å². The van der Waals surface area contributed by atoms with E-state index < -0.39 is 0 Å².